The SMILES string of the molecule is COc1cc(OC)cc(C(=O)NCCc2ccc(C(C)=O)s2)c1. The van der Waals surface area contributed by atoms with Gasteiger partial charge in [-0.1, -0.05) is 0 Å². The van der Waals surface area contributed by atoms with E-state index in [1.165, 1.54) is 11.3 Å². The van der Waals surface area contributed by atoms with Gasteiger partial charge in [0.1, 0.15) is 11.5 Å². The van der Waals surface area contributed by atoms with Crippen molar-refractivity contribution in [3.63, 3.8) is 0 Å². The van der Waals surface area contributed by atoms with Crippen LogP contribution in [0.4, 0.5) is 0 Å². The molecule has 0 fully saturated rings. The summed E-state index contributed by atoms with van der Waals surface area (Å²) in [6.45, 7) is 2.05. The zero-order chi connectivity index (χ0) is 16.8. The van der Waals surface area contributed by atoms with Gasteiger partial charge in [0.15, 0.2) is 5.78 Å². The Morgan fingerprint density at radius 3 is 2.26 bits per heavy atom. The lowest BCUT2D eigenvalue weighted by Crippen LogP contribution is -2.25. The van der Waals surface area contributed by atoms with Crippen LogP contribution in [0.3, 0.4) is 0 Å². The number of rotatable bonds is 7. The monoisotopic (exact) mass is 333 g/mol. The fourth-order valence-electron chi connectivity index (χ4n) is 2.04. The number of ether oxygens (including phenoxy) is 2. The Morgan fingerprint density at radius 2 is 1.74 bits per heavy atom. The van der Waals surface area contributed by atoms with Gasteiger partial charge in [0.25, 0.3) is 5.91 Å². The van der Waals surface area contributed by atoms with E-state index in [1.807, 2.05) is 12.1 Å². The van der Waals surface area contributed by atoms with Crippen LogP contribution in [0.2, 0.25) is 0 Å². The van der Waals surface area contributed by atoms with Crippen molar-refractivity contribution in [1.82, 2.24) is 5.32 Å². The average Bonchev–Trinajstić information content (AvgIpc) is 3.03. The average molecular weight is 333 g/mol. The molecule has 1 N–H and O–H groups in total. The first-order valence-corrected chi connectivity index (χ1v) is 7.96. The van der Waals surface area contributed by atoms with E-state index < -0.39 is 0 Å². The summed E-state index contributed by atoms with van der Waals surface area (Å²) in [7, 11) is 3.08. The van der Waals surface area contributed by atoms with Gasteiger partial charge >= 0.3 is 0 Å². The lowest BCUT2D eigenvalue weighted by molar-refractivity contribution is 0.0952. The van der Waals surface area contributed by atoms with Gasteiger partial charge in [-0.15, -0.1) is 11.3 Å². The van der Waals surface area contributed by atoms with Crippen molar-refractivity contribution >= 4 is 23.0 Å². The van der Waals surface area contributed by atoms with Crippen LogP contribution in [-0.4, -0.2) is 32.5 Å². The van der Waals surface area contributed by atoms with Crippen molar-refractivity contribution in [2.75, 3.05) is 20.8 Å². The van der Waals surface area contributed by atoms with Crippen molar-refractivity contribution in [3.05, 3.63) is 45.6 Å². The molecule has 2 aromatic rings. The third kappa shape index (κ3) is 4.56. The number of benzene rings is 1. The maximum absolute atomic E-state index is 12.2. The molecule has 0 spiro atoms. The molecule has 6 heteroatoms. The van der Waals surface area contributed by atoms with Crippen LogP contribution < -0.4 is 14.8 Å². The van der Waals surface area contributed by atoms with E-state index in [-0.39, 0.29) is 11.7 Å². The Kier molecular flexibility index (Phi) is 5.76. The molecule has 0 aliphatic carbocycles. The number of hydrogen-bond acceptors (Lipinski definition) is 5. The maximum atomic E-state index is 12.2. The normalized spacial score (nSPS) is 10.2. The molecule has 1 aromatic carbocycles. The predicted octanol–water partition coefficient (Wildman–Crippen LogP) is 2.94. The van der Waals surface area contributed by atoms with E-state index >= 15 is 0 Å². The third-order valence-electron chi connectivity index (χ3n) is 3.28. The number of hydrogen-bond donors (Lipinski definition) is 1. The summed E-state index contributed by atoms with van der Waals surface area (Å²) < 4.78 is 10.3. The number of carbonyl (C=O) groups is 2. The van der Waals surface area contributed by atoms with Crippen molar-refractivity contribution in [1.29, 1.82) is 0 Å². The minimum absolute atomic E-state index is 0.0637. The number of methoxy groups -OCH3 is 2. The fourth-order valence-corrected chi connectivity index (χ4v) is 2.94. The van der Waals surface area contributed by atoms with Gasteiger partial charge in [-0.2, -0.15) is 0 Å². The Morgan fingerprint density at radius 1 is 1.09 bits per heavy atom. The second kappa shape index (κ2) is 7.78. The molecule has 1 heterocycles. The van der Waals surface area contributed by atoms with E-state index in [4.69, 9.17) is 9.47 Å². The summed E-state index contributed by atoms with van der Waals surface area (Å²) in [5, 5.41) is 2.86. The van der Waals surface area contributed by atoms with E-state index in [0.717, 1.165) is 9.75 Å². The molecule has 0 saturated carbocycles. The van der Waals surface area contributed by atoms with E-state index in [0.29, 0.717) is 30.0 Å². The molecule has 5 nitrogen and oxygen atoms in total. The summed E-state index contributed by atoms with van der Waals surface area (Å²) in [6, 6.07) is 8.78. The van der Waals surface area contributed by atoms with E-state index in [1.54, 1.807) is 39.3 Å². The Balaban J connectivity index is 1.95. The highest BCUT2D eigenvalue weighted by atomic mass is 32.1. The van der Waals surface area contributed by atoms with Crippen LogP contribution in [0.25, 0.3) is 0 Å². The minimum atomic E-state index is -0.189. The number of nitrogens with one attached hydrogen (secondary N) is 1. The molecule has 122 valence electrons. The Bertz CT molecular complexity index is 686. The standard InChI is InChI=1S/C17H19NO4S/c1-11(19)16-5-4-15(23-16)6-7-18-17(20)12-8-13(21-2)10-14(9-12)22-3/h4-5,8-10H,6-7H2,1-3H3,(H,18,20). The first kappa shape index (κ1) is 17.0. The molecule has 0 atom stereocenters. The second-order valence-electron chi connectivity index (χ2n) is 4.93. The molecule has 0 aliphatic heterocycles. The number of amides is 1. The van der Waals surface area contributed by atoms with Crippen LogP contribution in [0.5, 0.6) is 11.5 Å². The van der Waals surface area contributed by atoms with Gasteiger partial charge in [0, 0.05) is 23.1 Å². The zero-order valence-electron chi connectivity index (χ0n) is 13.3. The smallest absolute Gasteiger partial charge is 0.251 e. The van der Waals surface area contributed by atoms with Gasteiger partial charge in [0.05, 0.1) is 19.1 Å². The highest BCUT2D eigenvalue weighted by Gasteiger charge is 2.10. The number of Topliss-reactive ketones (excluding diaryl/α,β-unsaturated/α-hetero) is 1. The first-order valence-electron chi connectivity index (χ1n) is 7.14. The Hall–Kier alpha value is -2.34. The first-order chi connectivity index (χ1) is 11.0. The highest BCUT2D eigenvalue weighted by molar-refractivity contribution is 7.14. The molecular formula is C17H19NO4S. The summed E-state index contributed by atoms with van der Waals surface area (Å²) in [4.78, 5) is 25.3. The minimum Gasteiger partial charge on any atom is -0.497 e. The predicted molar refractivity (Wildman–Crippen MR) is 89.9 cm³/mol. The molecule has 2 rings (SSSR count). The maximum Gasteiger partial charge on any atom is 0.251 e. The summed E-state index contributed by atoms with van der Waals surface area (Å²) >= 11 is 1.46. The topological polar surface area (TPSA) is 64.6 Å². The highest BCUT2D eigenvalue weighted by Crippen LogP contribution is 2.22. The van der Waals surface area contributed by atoms with Crippen LogP contribution >= 0.6 is 11.3 Å². The van der Waals surface area contributed by atoms with Crippen molar-refractivity contribution < 1.29 is 19.1 Å². The van der Waals surface area contributed by atoms with E-state index in [2.05, 4.69) is 5.32 Å². The van der Waals surface area contributed by atoms with E-state index in [9.17, 15) is 9.59 Å². The van der Waals surface area contributed by atoms with Crippen LogP contribution in [-0.2, 0) is 6.42 Å². The quantitative estimate of drug-likeness (QED) is 0.791. The lowest BCUT2D eigenvalue weighted by Gasteiger charge is -2.09. The molecule has 1 amide bonds. The van der Waals surface area contributed by atoms with Gasteiger partial charge in [-0.05, 0) is 37.6 Å². The van der Waals surface area contributed by atoms with Gasteiger partial charge in [0.2, 0.25) is 0 Å². The largest absolute Gasteiger partial charge is 0.497 e. The van der Waals surface area contributed by atoms with Gasteiger partial charge in [-0.25, -0.2) is 0 Å². The molecule has 0 radical (unpaired) electrons. The third-order valence-corrected chi connectivity index (χ3v) is 4.53. The summed E-state index contributed by atoms with van der Waals surface area (Å²) in [6.07, 6.45) is 0.685. The summed E-state index contributed by atoms with van der Waals surface area (Å²) in [5.74, 6) is 1.01. The van der Waals surface area contributed by atoms with Gasteiger partial charge in [-0.3, -0.25) is 9.59 Å². The molecular weight excluding hydrogens is 314 g/mol. The van der Waals surface area contributed by atoms with Crippen molar-refractivity contribution in [2.24, 2.45) is 0 Å². The van der Waals surface area contributed by atoms with Crippen LogP contribution in [0.15, 0.2) is 30.3 Å². The van der Waals surface area contributed by atoms with Crippen molar-refractivity contribution in [2.45, 2.75) is 13.3 Å². The number of ketones is 1. The van der Waals surface area contributed by atoms with Crippen LogP contribution in [0.1, 0.15) is 31.8 Å². The number of thiophene rings is 1. The molecule has 23 heavy (non-hydrogen) atoms. The second-order valence-corrected chi connectivity index (χ2v) is 6.10. The van der Waals surface area contributed by atoms with Gasteiger partial charge < -0.3 is 14.8 Å². The molecule has 0 aliphatic rings. The molecule has 1 aromatic heterocycles. The number of carbonyl (C=O) groups excluding carboxylic acids is 2. The molecule has 0 bridgehead atoms. The fraction of sp³-hybridized carbons (Fsp3) is 0.294. The molecule has 0 unspecified atom stereocenters. The lowest BCUT2D eigenvalue weighted by atomic mass is 10.2. The zero-order valence-corrected chi connectivity index (χ0v) is 14.2. The summed E-state index contributed by atoms with van der Waals surface area (Å²) in [5.41, 5.74) is 0.483. The van der Waals surface area contributed by atoms with Crippen LogP contribution in [0, 0.1) is 0 Å². The van der Waals surface area contributed by atoms with Crippen molar-refractivity contribution in [3.8, 4) is 11.5 Å². The molecule has 0 saturated heterocycles. The Labute approximate surface area is 139 Å².